The van der Waals surface area contributed by atoms with Gasteiger partial charge in [-0.15, -0.1) is 0 Å². The van der Waals surface area contributed by atoms with Crippen LogP contribution in [-0.4, -0.2) is 49.4 Å². The maximum Gasteiger partial charge on any atom is 0.267 e. The van der Waals surface area contributed by atoms with Crippen molar-refractivity contribution in [3.63, 3.8) is 0 Å². The van der Waals surface area contributed by atoms with E-state index < -0.39 is 5.91 Å². The molecule has 2 rings (SSSR count). The van der Waals surface area contributed by atoms with Gasteiger partial charge in [-0.2, -0.15) is 4.98 Å². The minimum Gasteiger partial charge on any atom is -0.475 e. The fourth-order valence-electron chi connectivity index (χ4n) is 1.79. The van der Waals surface area contributed by atoms with E-state index in [1.54, 1.807) is 7.11 Å². The summed E-state index contributed by atoms with van der Waals surface area (Å²) >= 11 is 0. The van der Waals surface area contributed by atoms with Crippen LogP contribution in [0.1, 0.15) is 10.5 Å². The van der Waals surface area contributed by atoms with Crippen LogP contribution in [0.4, 0.5) is 0 Å². The van der Waals surface area contributed by atoms with Gasteiger partial charge in [0, 0.05) is 18.7 Å². The van der Waals surface area contributed by atoms with Gasteiger partial charge in [-0.3, -0.25) is 4.79 Å². The molecule has 0 fully saturated rings. The molecule has 7 heteroatoms. The molecule has 1 amide bonds. The van der Waals surface area contributed by atoms with E-state index in [1.807, 2.05) is 30.3 Å². The number of methoxy groups -OCH3 is 1. The monoisotopic (exact) mass is 317 g/mol. The number of amides is 1. The Morgan fingerprint density at radius 2 is 1.83 bits per heavy atom. The molecule has 0 aliphatic heterocycles. The van der Waals surface area contributed by atoms with Gasteiger partial charge in [0.05, 0.1) is 19.8 Å². The molecule has 1 aromatic heterocycles. The van der Waals surface area contributed by atoms with Crippen molar-refractivity contribution in [3.05, 3.63) is 42.1 Å². The Morgan fingerprint density at radius 3 is 2.52 bits per heavy atom. The molecule has 23 heavy (non-hydrogen) atoms. The third-order valence-corrected chi connectivity index (χ3v) is 2.90. The number of carbonyl (C=O) groups is 1. The zero-order valence-corrected chi connectivity index (χ0v) is 12.9. The zero-order chi connectivity index (χ0) is 16.5. The van der Waals surface area contributed by atoms with E-state index in [-0.39, 0.29) is 11.6 Å². The van der Waals surface area contributed by atoms with Crippen LogP contribution in [0.15, 0.2) is 36.4 Å². The van der Waals surface area contributed by atoms with Crippen LogP contribution in [0.5, 0.6) is 5.88 Å². The second-order valence-electron chi connectivity index (χ2n) is 4.60. The molecule has 0 aliphatic rings. The van der Waals surface area contributed by atoms with Crippen molar-refractivity contribution in [1.29, 1.82) is 0 Å². The molecule has 2 aromatic rings. The van der Waals surface area contributed by atoms with Crippen molar-refractivity contribution in [1.82, 2.24) is 9.97 Å². The van der Waals surface area contributed by atoms with Crippen LogP contribution in [0, 0.1) is 0 Å². The molecular weight excluding hydrogens is 298 g/mol. The number of ether oxygens (including phenoxy) is 3. The van der Waals surface area contributed by atoms with Gasteiger partial charge >= 0.3 is 0 Å². The molecule has 0 bridgehead atoms. The van der Waals surface area contributed by atoms with E-state index >= 15 is 0 Å². The number of nitrogens with two attached hydrogens (primary N) is 1. The largest absolute Gasteiger partial charge is 0.475 e. The Morgan fingerprint density at radius 1 is 1.09 bits per heavy atom. The number of rotatable bonds is 9. The Balaban J connectivity index is 2.07. The Bertz CT molecular complexity index is 634. The SMILES string of the molecule is COCCOCCOc1cc(C(N)=O)nc(-c2ccccc2)n1. The third-order valence-electron chi connectivity index (χ3n) is 2.90. The average molecular weight is 317 g/mol. The lowest BCUT2D eigenvalue weighted by Gasteiger charge is -2.09. The molecule has 0 atom stereocenters. The Kier molecular flexibility index (Phi) is 6.46. The van der Waals surface area contributed by atoms with E-state index in [9.17, 15) is 4.79 Å². The first-order valence-electron chi connectivity index (χ1n) is 7.14. The number of benzene rings is 1. The van der Waals surface area contributed by atoms with Gasteiger partial charge in [0.25, 0.3) is 5.91 Å². The summed E-state index contributed by atoms with van der Waals surface area (Å²) in [5, 5.41) is 0. The molecule has 2 N–H and O–H groups in total. The van der Waals surface area contributed by atoms with Gasteiger partial charge < -0.3 is 19.9 Å². The van der Waals surface area contributed by atoms with Gasteiger partial charge in [0.2, 0.25) is 5.88 Å². The van der Waals surface area contributed by atoms with E-state index in [2.05, 4.69) is 9.97 Å². The summed E-state index contributed by atoms with van der Waals surface area (Å²) in [6, 6.07) is 10.7. The summed E-state index contributed by atoms with van der Waals surface area (Å²) in [5.41, 5.74) is 6.20. The van der Waals surface area contributed by atoms with Gasteiger partial charge in [-0.25, -0.2) is 4.98 Å². The maximum atomic E-state index is 11.4. The van der Waals surface area contributed by atoms with E-state index in [1.165, 1.54) is 6.07 Å². The van der Waals surface area contributed by atoms with Gasteiger partial charge in [-0.1, -0.05) is 30.3 Å². The molecule has 0 spiro atoms. The molecule has 7 nitrogen and oxygen atoms in total. The summed E-state index contributed by atoms with van der Waals surface area (Å²) in [4.78, 5) is 19.9. The van der Waals surface area contributed by atoms with Crippen molar-refractivity contribution < 1.29 is 19.0 Å². The Labute approximate surface area is 134 Å². The minimum atomic E-state index is -0.634. The van der Waals surface area contributed by atoms with Gasteiger partial charge in [-0.05, 0) is 0 Å². The first kappa shape index (κ1) is 16.9. The molecular formula is C16H19N3O4. The lowest BCUT2D eigenvalue weighted by Crippen LogP contribution is -2.15. The van der Waals surface area contributed by atoms with Crippen LogP contribution in [0.25, 0.3) is 11.4 Å². The minimum absolute atomic E-state index is 0.106. The van der Waals surface area contributed by atoms with Crippen molar-refractivity contribution in [3.8, 4) is 17.3 Å². The number of hydrogen-bond donors (Lipinski definition) is 1. The first-order chi connectivity index (χ1) is 11.2. The second kappa shape index (κ2) is 8.82. The topological polar surface area (TPSA) is 96.6 Å². The summed E-state index contributed by atoms with van der Waals surface area (Å²) in [6.45, 7) is 1.70. The predicted octanol–water partition coefficient (Wildman–Crippen LogP) is 1.28. The standard InChI is InChI=1S/C16H19N3O4/c1-21-7-8-22-9-10-23-14-11-13(15(17)20)18-16(19-14)12-5-3-2-4-6-12/h2-6,11H,7-10H2,1H3,(H2,17,20). The number of hydrogen-bond acceptors (Lipinski definition) is 6. The highest BCUT2D eigenvalue weighted by molar-refractivity contribution is 5.91. The summed E-state index contributed by atoms with van der Waals surface area (Å²) in [6.07, 6.45) is 0. The summed E-state index contributed by atoms with van der Waals surface area (Å²) < 4.78 is 15.7. The number of primary amides is 1. The van der Waals surface area contributed by atoms with E-state index in [0.29, 0.717) is 32.3 Å². The van der Waals surface area contributed by atoms with E-state index in [0.717, 1.165) is 5.56 Å². The van der Waals surface area contributed by atoms with Crippen molar-refractivity contribution in [2.75, 3.05) is 33.5 Å². The molecule has 0 saturated heterocycles. The average Bonchev–Trinajstić information content (AvgIpc) is 2.58. The highest BCUT2D eigenvalue weighted by Crippen LogP contribution is 2.18. The number of carbonyl (C=O) groups excluding carboxylic acids is 1. The predicted molar refractivity (Wildman–Crippen MR) is 84.2 cm³/mol. The summed E-state index contributed by atoms with van der Waals surface area (Å²) in [5.74, 6) is 0.0333. The fourth-order valence-corrected chi connectivity index (χ4v) is 1.79. The molecule has 122 valence electrons. The van der Waals surface area contributed by atoms with Crippen LogP contribution >= 0.6 is 0 Å². The second-order valence-corrected chi connectivity index (χ2v) is 4.60. The quantitative estimate of drug-likeness (QED) is 0.700. The normalized spacial score (nSPS) is 10.5. The molecule has 0 aliphatic carbocycles. The van der Waals surface area contributed by atoms with Crippen molar-refractivity contribution in [2.45, 2.75) is 0 Å². The molecule has 0 radical (unpaired) electrons. The Hall–Kier alpha value is -2.51. The van der Waals surface area contributed by atoms with Crippen LogP contribution in [-0.2, 0) is 9.47 Å². The van der Waals surface area contributed by atoms with Crippen molar-refractivity contribution >= 4 is 5.91 Å². The first-order valence-corrected chi connectivity index (χ1v) is 7.14. The molecule has 1 aromatic carbocycles. The fraction of sp³-hybridized carbons (Fsp3) is 0.312. The smallest absolute Gasteiger partial charge is 0.267 e. The highest BCUT2D eigenvalue weighted by Gasteiger charge is 2.11. The van der Waals surface area contributed by atoms with Gasteiger partial charge in [0.1, 0.15) is 12.3 Å². The maximum absolute atomic E-state index is 11.4. The molecule has 0 saturated carbocycles. The lowest BCUT2D eigenvalue weighted by atomic mass is 10.2. The molecule has 1 heterocycles. The third kappa shape index (κ3) is 5.32. The lowest BCUT2D eigenvalue weighted by molar-refractivity contribution is 0.0536. The number of nitrogens with zero attached hydrogens (tertiary/aromatic N) is 2. The van der Waals surface area contributed by atoms with Crippen LogP contribution in [0.2, 0.25) is 0 Å². The van der Waals surface area contributed by atoms with E-state index in [4.69, 9.17) is 19.9 Å². The zero-order valence-electron chi connectivity index (χ0n) is 12.9. The number of aromatic nitrogens is 2. The van der Waals surface area contributed by atoms with Gasteiger partial charge in [0.15, 0.2) is 5.82 Å². The summed E-state index contributed by atoms with van der Waals surface area (Å²) in [7, 11) is 1.61. The van der Waals surface area contributed by atoms with Crippen molar-refractivity contribution in [2.24, 2.45) is 5.73 Å². The van der Waals surface area contributed by atoms with Crippen LogP contribution < -0.4 is 10.5 Å². The molecule has 0 unspecified atom stereocenters. The highest BCUT2D eigenvalue weighted by atomic mass is 16.5. The van der Waals surface area contributed by atoms with Crippen LogP contribution in [0.3, 0.4) is 0 Å².